The normalized spacial score (nSPS) is 11.4. The van der Waals surface area contributed by atoms with E-state index < -0.39 is 23.9 Å². The van der Waals surface area contributed by atoms with Gasteiger partial charge in [-0.15, -0.1) is 0 Å². The highest BCUT2D eigenvalue weighted by molar-refractivity contribution is 9.10. The quantitative estimate of drug-likeness (QED) is 0.685. The molecule has 1 N–H and O–H groups in total. The first-order valence-electron chi connectivity index (χ1n) is 7.22. The highest BCUT2D eigenvalue weighted by Crippen LogP contribution is 2.08. The highest BCUT2D eigenvalue weighted by Gasteiger charge is 2.24. The van der Waals surface area contributed by atoms with Gasteiger partial charge in [0.1, 0.15) is 11.7 Å². The molecule has 1 amide bonds. The van der Waals surface area contributed by atoms with Crippen LogP contribution in [-0.4, -0.2) is 42.1 Å². The molecule has 1 atom stereocenters. The topological polar surface area (TPSA) is 94.6 Å². The molecule has 0 aliphatic rings. The Hall–Kier alpha value is -1.96. The molecule has 1 aromatic rings. The summed E-state index contributed by atoms with van der Waals surface area (Å²) in [6, 6.07) is 2.25. The molecular formula is C15H19BrN2O5. The fourth-order valence-corrected chi connectivity index (χ4v) is 1.96. The van der Waals surface area contributed by atoms with Crippen molar-refractivity contribution in [3.05, 3.63) is 28.5 Å². The summed E-state index contributed by atoms with van der Waals surface area (Å²) in [5.74, 6) is -1.54. The number of hydrogen-bond donors (Lipinski definition) is 1. The van der Waals surface area contributed by atoms with Gasteiger partial charge < -0.3 is 14.8 Å². The fraction of sp³-hybridized carbons (Fsp3) is 0.467. The maximum absolute atomic E-state index is 12.1. The van der Waals surface area contributed by atoms with Crippen molar-refractivity contribution in [1.29, 1.82) is 0 Å². The number of halogens is 1. The highest BCUT2D eigenvalue weighted by atomic mass is 79.9. The second kappa shape index (κ2) is 9.94. The predicted octanol–water partition coefficient (Wildman–Crippen LogP) is 1.85. The number of rotatable bonds is 8. The number of esters is 2. The van der Waals surface area contributed by atoms with E-state index in [1.807, 2.05) is 0 Å². The van der Waals surface area contributed by atoms with E-state index in [1.165, 1.54) is 12.3 Å². The average Bonchev–Trinajstić information content (AvgIpc) is 2.52. The van der Waals surface area contributed by atoms with Crippen molar-refractivity contribution in [3.63, 3.8) is 0 Å². The number of aromatic nitrogens is 1. The molecule has 1 aromatic heterocycles. The van der Waals surface area contributed by atoms with Crippen LogP contribution in [0, 0.1) is 0 Å². The second-order valence-corrected chi connectivity index (χ2v) is 5.40. The molecule has 0 fully saturated rings. The summed E-state index contributed by atoms with van der Waals surface area (Å²) in [7, 11) is 0. The van der Waals surface area contributed by atoms with Crippen molar-refractivity contribution >= 4 is 33.8 Å². The van der Waals surface area contributed by atoms with E-state index in [1.54, 1.807) is 19.9 Å². The number of pyridine rings is 1. The molecule has 23 heavy (non-hydrogen) atoms. The molecule has 7 nitrogen and oxygen atoms in total. The molecule has 1 unspecified atom stereocenters. The van der Waals surface area contributed by atoms with Crippen molar-refractivity contribution < 1.29 is 23.9 Å². The third-order valence-electron chi connectivity index (χ3n) is 2.78. The average molecular weight is 387 g/mol. The molecule has 126 valence electrons. The summed E-state index contributed by atoms with van der Waals surface area (Å²) in [6.45, 7) is 3.80. The molecule has 8 heteroatoms. The summed E-state index contributed by atoms with van der Waals surface area (Å²) in [5.41, 5.74) is 0.165. The van der Waals surface area contributed by atoms with Gasteiger partial charge in [0.15, 0.2) is 0 Å². The minimum Gasteiger partial charge on any atom is -0.466 e. The number of carbonyl (C=O) groups excluding carboxylic acids is 3. The van der Waals surface area contributed by atoms with E-state index in [9.17, 15) is 14.4 Å². The van der Waals surface area contributed by atoms with E-state index in [4.69, 9.17) is 9.47 Å². The number of nitrogens with one attached hydrogen (secondary N) is 1. The monoisotopic (exact) mass is 386 g/mol. The first kappa shape index (κ1) is 19.1. The Kier molecular flexibility index (Phi) is 8.25. The van der Waals surface area contributed by atoms with Gasteiger partial charge in [-0.1, -0.05) is 0 Å². The molecule has 0 radical (unpaired) electrons. The third-order valence-corrected chi connectivity index (χ3v) is 3.25. The molecule has 0 saturated heterocycles. The molecule has 0 aromatic carbocycles. The van der Waals surface area contributed by atoms with Crippen LogP contribution in [0.1, 0.15) is 37.2 Å². The Morgan fingerprint density at radius 3 is 2.48 bits per heavy atom. The Labute approximate surface area is 142 Å². The van der Waals surface area contributed by atoms with E-state index in [2.05, 4.69) is 26.2 Å². The van der Waals surface area contributed by atoms with E-state index in [-0.39, 0.29) is 31.7 Å². The van der Waals surface area contributed by atoms with Crippen LogP contribution in [0.2, 0.25) is 0 Å². The molecule has 0 spiro atoms. The van der Waals surface area contributed by atoms with Gasteiger partial charge in [-0.25, -0.2) is 9.78 Å². The SMILES string of the molecule is CCOC(=O)CCC(NC(=O)c1ccc(Br)cn1)C(=O)OCC. The summed E-state index contributed by atoms with van der Waals surface area (Å²) in [5, 5.41) is 2.54. The molecular weight excluding hydrogens is 368 g/mol. The first-order valence-corrected chi connectivity index (χ1v) is 8.01. The summed E-state index contributed by atoms with van der Waals surface area (Å²) in [6.07, 6.45) is 1.58. The van der Waals surface area contributed by atoms with Crippen molar-refractivity contribution in [2.24, 2.45) is 0 Å². The van der Waals surface area contributed by atoms with Crippen LogP contribution >= 0.6 is 15.9 Å². The number of ether oxygens (including phenoxy) is 2. The Bertz CT molecular complexity index is 547. The van der Waals surface area contributed by atoms with Crippen LogP contribution in [0.5, 0.6) is 0 Å². The minimum atomic E-state index is -0.933. The standard InChI is InChI=1S/C15H19BrN2O5/c1-3-22-13(19)8-7-12(15(21)23-4-2)18-14(20)11-6-5-10(16)9-17-11/h5-6,9,12H,3-4,7-8H2,1-2H3,(H,18,20). The summed E-state index contributed by atoms with van der Waals surface area (Å²) >= 11 is 3.22. The number of hydrogen-bond acceptors (Lipinski definition) is 6. The van der Waals surface area contributed by atoms with E-state index in [0.29, 0.717) is 0 Å². The zero-order valence-corrected chi connectivity index (χ0v) is 14.6. The van der Waals surface area contributed by atoms with Crippen molar-refractivity contribution in [2.45, 2.75) is 32.7 Å². The lowest BCUT2D eigenvalue weighted by atomic mass is 10.1. The van der Waals surface area contributed by atoms with E-state index in [0.717, 1.165) is 4.47 Å². The molecule has 0 aliphatic carbocycles. The number of carbonyl (C=O) groups is 3. The van der Waals surface area contributed by atoms with Gasteiger partial charge in [0.25, 0.3) is 5.91 Å². The lowest BCUT2D eigenvalue weighted by molar-refractivity contribution is -0.146. The van der Waals surface area contributed by atoms with Gasteiger partial charge in [-0.3, -0.25) is 9.59 Å². The van der Waals surface area contributed by atoms with Crippen LogP contribution in [0.3, 0.4) is 0 Å². The number of nitrogens with zero attached hydrogens (tertiary/aromatic N) is 1. The Balaban J connectivity index is 2.71. The summed E-state index contributed by atoms with van der Waals surface area (Å²) in [4.78, 5) is 39.4. The van der Waals surface area contributed by atoms with Crippen LogP contribution in [0.25, 0.3) is 0 Å². The van der Waals surface area contributed by atoms with Gasteiger partial charge in [0.05, 0.1) is 13.2 Å². The minimum absolute atomic E-state index is 0.00532. The molecule has 0 saturated carbocycles. The lowest BCUT2D eigenvalue weighted by Gasteiger charge is -2.16. The first-order chi connectivity index (χ1) is 11.0. The molecule has 1 heterocycles. The second-order valence-electron chi connectivity index (χ2n) is 4.48. The van der Waals surface area contributed by atoms with Gasteiger partial charge in [0, 0.05) is 17.1 Å². The van der Waals surface area contributed by atoms with Gasteiger partial charge in [-0.05, 0) is 48.3 Å². The fourth-order valence-electron chi connectivity index (χ4n) is 1.73. The predicted molar refractivity (Wildman–Crippen MR) is 85.7 cm³/mol. The van der Waals surface area contributed by atoms with Gasteiger partial charge in [0.2, 0.25) is 0 Å². The zero-order valence-electron chi connectivity index (χ0n) is 13.0. The van der Waals surface area contributed by atoms with Crippen LogP contribution < -0.4 is 5.32 Å². The Morgan fingerprint density at radius 2 is 1.91 bits per heavy atom. The van der Waals surface area contributed by atoms with Crippen LogP contribution in [0.4, 0.5) is 0 Å². The largest absolute Gasteiger partial charge is 0.466 e. The maximum Gasteiger partial charge on any atom is 0.328 e. The number of amides is 1. The lowest BCUT2D eigenvalue weighted by Crippen LogP contribution is -2.42. The third kappa shape index (κ3) is 6.77. The van der Waals surface area contributed by atoms with E-state index >= 15 is 0 Å². The zero-order chi connectivity index (χ0) is 17.2. The maximum atomic E-state index is 12.1. The van der Waals surface area contributed by atoms with Gasteiger partial charge in [-0.2, -0.15) is 0 Å². The smallest absolute Gasteiger partial charge is 0.328 e. The molecule has 1 rings (SSSR count). The molecule has 0 bridgehead atoms. The van der Waals surface area contributed by atoms with Crippen molar-refractivity contribution in [2.75, 3.05) is 13.2 Å². The van der Waals surface area contributed by atoms with Crippen LogP contribution in [0.15, 0.2) is 22.8 Å². The van der Waals surface area contributed by atoms with Crippen molar-refractivity contribution in [1.82, 2.24) is 10.3 Å². The molecule has 0 aliphatic heterocycles. The summed E-state index contributed by atoms with van der Waals surface area (Å²) < 4.78 is 10.5. The van der Waals surface area contributed by atoms with Crippen LogP contribution in [-0.2, 0) is 19.1 Å². The van der Waals surface area contributed by atoms with Gasteiger partial charge >= 0.3 is 11.9 Å². The van der Waals surface area contributed by atoms with Crippen molar-refractivity contribution in [3.8, 4) is 0 Å². The Morgan fingerprint density at radius 1 is 1.22 bits per heavy atom.